The summed E-state index contributed by atoms with van der Waals surface area (Å²) in [6, 6.07) is 5.66. The first-order chi connectivity index (χ1) is 19.2. The molecular formula is C30H45N4O5S+. The van der Waals surface area contributed by atoms with Crippen LogP contribution in [0.15, 0.2) is 18.2 Å². The summed E-state index contributed by atoms with van der Waals surface area (Å²) >= 11 is 1.68. The van der Waals surface area contributed by atoms with E-state index in [9.17, 15) is 9.90 Å². The van der Waals surface area contributed by atoms with Gasteiger partial charge in [-0.3, -0.25) is 4.79 Å². The van der Waals surface area contributed by atoms with E-state index in [1.165, 1.54) is 9.78 Å². The molecule has 2 fully saturated rings. The second-order valence-electron chi connectivity index (χ2n) is 12.0. The Labute approximate surface area is 241 Å². The van der Waals surface area contributed by atoms with Crippen molar-refractivity contribution in [2.75, 3.05) is 58.9 Å². The standard InChI is InChI=1S/C30H44N4O5S/c1-18(28(36)31-10-11-34-12-14-39-15-13-34)21-8-9-30(3)17-24-26(19(2)25(30)27(21)35)33-29(40-24)32-22-16-20(37-4)6-7-23(22)38-5/h6-7,16,18-19,21,25,27,35H,8-15,17H2,1-5H3,(H,31,36)(H,32,33)/p+1/t18-,19-,21+,25+,27-,30-/m0/s1. The second kappa shape index (κ2) is 12.2. The van der Waals surface area contributed by atoms with E-state index in [0.29, 0.717) is 6.54 Å². The molecule has 5 rings (SSSR count). The molecular weight excluding hydrogens is 528 g/mol. The van der Waals surface area contributed by atoms with E-state index in [0.717, 1.165) is 80.1 Å². The van der Waals surface area contributed by atoms with Crippen LogP contribution in [0.3, 0.4) is 0 Å². The summed E-state index contributed by atoms with van der Waals surface area (Å²) < 4.78 is 16.4. The third-order valence-electron chi connectivity index (χ3n) is 9.60. The molecule has 3 aliphatic rings. The molecule has 1 amide bonds. The molecule has 10 heteroatoms. The average molecular weight is 574 g/mol. The quantitative estimate of drug-likeness (QED) is 0.366. The monoisotopic (exact) mass is 573 g/mol. The fourth-order valence-corrected chi connectivity index (χ4v) is 8.53. The maximum absolute atomic E-state index is 13.1. The summed E-state index contributed by atoms with van der Waals surface area (Å²) in [5, 5.41) is 19.2. The molecule has 220 valence electrons. The van der Waals surface area contributed by atoms with Crippen molar-refractivity contribution < 1.29 is 29.0 Å². The minimum atomic E-state index is -0.552. The van der Waals surface area contributed by atoms with Gasteiger partial charge in [0.15, 0.2) is 5.13 Å². The number of nitrogens with one attached hydrogen (secondary N) is 3. The first kappa shape index (κ1) is 29.1. The molecule has 6 atom stereocenters. The predicted octanol–water partition coefficient (Wildman–Crippen LogP) is 2.62. The number of aliphatic hydroxyl groups is 1. The maximum Gasteiger partial charge on any atom is 0.223 e. The van der Waals surface area contributed by atoms with Gasteiger partial charge in [0.2, 0.25) is 5.91 Å². The highest BCUT2D eigenvalue weighted by atomic mass is 32.1. The van der Waals surface area contributed by atoms with E-state index < -0.39 is 6.10 Å². The van der Waals surface area contributed by atoms with Gasteiger partial charge < -0.3 is 34.9 Å². The van der Waals surface area contributed by atoms with Crippen LogP contribution >= 0.6 is 11.3 Å². The molecule has 40 heavy (non-hydrogen) atoms. The number of methoxy groups -OCH3 is 2. The first-order valence-electron chi connectivity index (χ1n) is 14.6. The fraction of sp³-hybridized carbons (Fsp3) is 0.667. The molecule has 0 spiro atoms. The van der Waals surface area contributed by atoms with Gasteiger partial charge in [-0.1, -0.05) is 20.8 Å². The largest absolute Gasteiger partial charge is 0.497 e. The number of rotatable bonds is 9. The number of hydrogen-bond acceptors (Lipinski definition) is 8. The number of hydrogen-bond donors (Lipinski definition) is 4. The van der Waals surface area contributed by atoms with Gasteiger partial charge in [-0.05, 0) is 48.6 Å². The Morgan fingerprint density at radius 2 is 2.08 bits per heavy atom. The van der Waals surface area contributed by atoms with E-state index in [4.69, 9.17) is 19.2 Å². The average Bonchev–Trinajstić information content (AvgIpc) is 3.35. The lowest BCUT2D eigenvalue weighted by Gasteiger charge is -2.53. The van der Waals surface area contributed by atoms with Gasteiger partial charge in [0.25, 0.3) is 0 Å². The number of thiazole rings is 1. The normalized spacial score (nSPS) is 29.1. The number of benzene rings is 1. The van der Waals surface area contributed by atoms with Gasteiger partial charge in [-0.2, -0.15) is 0 Å². The molecule has 2 heterocycles. The Morgan fingerprint density at radius 1 is 1.30 bits per heavy atom. The SMILES string of the molecule is COc1ccc(OC)c(Nc2nc3c(s2)C[C@]2(C)CC[C@H]([C@H](C)C(=O)NCC[NH+]4CCOCC4)[C@H](O)[C@H]2[C@@H]3C)c1. The summed E-state index contributed by atoms with van der Waals surface area (Å²) in [5.74, 6) is 1.36. The van der Waals surface area contributed by atoms with Crippen LogP contribution in [0.1, 0.15) is 50.1 Å². The van der Waals surface area contributed by atoms with Crippen LogP contribution in [-0.2, 0) is 16.0 Å². The van der Waals surface area contributed by atoms with Crippen molar-refractivity contribution in [1.82, 2.24) is 10.3 Å². The number of aliphatic hydroxyl groups excluding tert-OH is 1. The third kappa shape index (κ3) is 5.82. The van der Waals surface area contributed by atoms with Gasteiger partial charge in [0, 0.05) is 22.8 Å². The highest BCUT2D eigenvalue weighted by Crippen LogP contribution is 2.57. The molecule has 0 unspecified atom stereocenters. The number of fused-ring (bicyclic) bond motifs is 2. The number of aromatic nitrogens is 1. The fourth-order valence-electron chi connectivity index (χ4n) is 7.25. The molecule has 1 saturated carbocycles. The molecule has 0 radical (unpaired) electrons. The van der Waals surface area contributed by atoms with Crippen molar-refractivity contribution in [3.05, 3.63) is 28.8 Å². The van der Waals surface area contributed by atoms with Crippen molar-refractivity contribution in [1.29, 1.82) is 0 Å². The van der Waals surface area contributed by atoms with Crippen LogP contribution in [0.5, 0.6) is 11.5 Å². The van der Waals surface area contributed by atoms with Gasteiger partial charge in [0.1, 0.15) is 24.6 Å². The van der Waals surface area contributed by atoms with E-state index in [2.05, 4.69) is 24.5 Å². The highest BCUT2D eigenvalue weighted by molar-refractivity contribution is 7.15. The predicted molar refractivity (Wildman–Crippen MR) is 156 cm³/mol. The van der Waals surface area contributed by atoms with Crippen LogP contribution in [0.25, 0.3) is 0 Å². The molecule has 4 N–H and O–H groups in total. The first-order valence-corrected chi connectivity index (χ1v) is 15.4. The highest BCUT2D eigenvalue weighted by Gasteiger charge is 2.53. The number of carbonyl (C=O) groups excluding carboxylic acids is 1. The second-order valence-corrected chi connectivity index (χ2v) is 13.1. The molecule has 2 aliphatic carbocycles. The molecule has 1 saturated heterocycles. The van der Waals surface area contributed by atoms with Crippen molar-refractivity contribution in [2.24, 2.45) is 23.2 Å². The summed E-state index contributed by atoms with van der Waals surface area (Å²) in [6.45, 7) is 11.6. The number of morpholine rings is 1. The Kier molecular flexibility index (Phi) is 8.89. The minimum absolute atomic E-state index is 0.0321. The molecule has 1 aromatic carbocycles. The van der Waals surface area contributed by atoms with E-state index >= 15 is 0 Å². The Bertz CT molecular complexity index is 1180. The van der Waals surface area contributed by atoms with Gasteiger partial charge in [-0.15, -0.1) is 11.3 Å². The summed E-state index contributed by atoms with van der Waals surface area (Å²) in [6.07, 6.45) is 2.18. The van der Waals surface area contributed by atoms with Crippen LogP contribution < -0.4 is 25.0 Å². The number of anilines is 2. The van der Waals surface area contributed by atoms with Crippen LogP contribution in [0.2, 0.25) is 0 Å². The van der Waals surface area contributed by atoms with Crippen molar-refractivity contribution in [3.8, 4) is 11.5 Å². The van der Waals surface area contributed by atoms with Crippen LogP contribution in [0, 0.1) is 23.2 Å². The number of amides is 1. The number of carbonyl (C=O) groups is 1. The van der Waals surface area contributed by atoms with E-state index in [1.807, 2.05) is 25.1 Å². The Morgan fingerprint density at radius 3 is 2.80 bits per heavy atom. The summed E-state index contributed by atoms with van der Waals surface area (Å²) in [5.41, 5.74) is 1.83. The number of nitrogens with zero attached hydrogens (tertiary/aromatic N) is 1. The lowest BCUT2D eigenvalue weighted by Crippen LogP contribution is -3.14. The van der Waals surface area contributed by atoms with E-state index in [1.54, 1.807) is 25.6 Å². The van der Waals surface area contributed by atoms with Crippen LogP contribution in [0.4, 0.5) is 10.8 Å². The van der Waals surface area contributed by atoms with Crippen molar-refractivity contribution >= 4 is 28.1 Å². The van der Waals surface area contributed by atoms with Gasteiger partial charge in [-0.25, -0.2) is 4.98 Å². The minimum Gasteiger partial charge on any atom is -0.497 e. The third-order valence-corrected chi connectivity index (χ3v) is 10.6. The van der Waals surface area contributed by atoms with Crippen molar-refractivity contribution in [3.63, 3.8) is 0 Å². The Hall–Kier alpha value is -2.40. The zero-order valence-electron chi connectivity index (χ0n) is 24.4. The number of ether oxygens (including phenoxy) is 3. The molecule has 0 bridgehead atoms. The molecule has 9 nitrogen and oxygen atoms in total. The maximum atomic E-state index is 13.1. The zero-order chi connectivity index (χ0) is 28.4. The summed E-state index contributed by atoms with van der Waals surface area (Å²) in [7, 11) is 3.30. The Balaban J connectivity index is 1.27. The summed E-state index contributed by atoms with van der Waals surface area (Å²) in [4.78, 5) is 20.9. The van der Waals surface area contributed by atoms with Crippen molar-refractivity contribution in [2.45, 2.75) is 52.1 Å². The zero-order valence-corrected chi connectivity index (χ0v) is 25.2. The van der Waals surface area contributed by atoms with E-state index in [-0.39, 0.29) is 35.0 Å². The molecule has 2 aromatic rings. The molecule has 1 aromatic heterocycles. The van der Waals surface area contributed by atoms with Gasteiger partial charge in [0.05, 0.1) is 58.0 Å². The lowest BCUT2D eigenvalue weighted by atomic mass is 9.53. The smallest absolute Gasteiger partial charge is 0.223 e. The van der Waals surface area contributed by atoms with Crippen LogP contribution in [-0.4, -0.2) is 75.7 Å². The molecule has 1 aliphatic heterocycles. The number of quaternary nitrogens is 1. The topological polar surface area (TPSA) is 106 Å². The van der Waals surface area contributed by atoms with Gasteiger partial charge >= 0.3 is 0 Å². The lowest BCUT2D eigenvalue weighted by molar-refractivity contribution is -0.906.